The summed E-state index contributed by atoms with van der Waals surface area (Å²) in [4.78, 5) is 12.9. The molecule has 3 heteroatoms. The zero-order valence-electron chi connectivity index (χ0n) is 19.5. The van der Waals surface area contributed by atoms with E-state index in [9.17, 15) is 4.79 Å². The van der Waals surface area contributed by atoms with Crippen molar-refractivity contribution in [2.75, 3.05) is 11.5 Å². The summed E-state index contributed by atoms with van der Waals surface area (Å²) in [5.74, 6) is 9.71. The van der Waals surface area contributed by atoms with Crippen LogP contribution in [-0.4, -0.2) is 23.1 Å². The van der Waals surface area contributed by atoms with E-state index >= 15 is 0 Å². The second-order valence-corrected chi connectivity index (χ2v) is 13.3. The number of fused-ring (bicyclic) bond motifs is 2. The lowest BCUT2D eigenvalue weighted by Crippen LogP contribution is -2.47. The predicted octanol–water partition coefficient (Wildman–Crippen LogP) is 6.89. The van der Waals surface area contributed by atoms with E-state index in [1.807, 2.05) is 11.8 Å². The molecule has 0 radical (unpaired) electrons. The third-order valence-electron chi connectivity index (χ3n) is 10.9. The van der Waals surface area contributed by atoms with Gasteiger partial charge in [-0.2, -0.15) is 0 Å². The number of carbonyl (C=O) groups is 1. The van der Waals surface area contributed by atoms with Gasteiger partial charge < -0.3 is 4.74 Å². The molecule has 31 heavy (non-hydrogen) atoms. The summed E-state index contributed by atoms with van der Waals surface area (Å²) in [7, 11) is 0. The molecule has 172 valence electrons. The number of hydrogen-bond donors (Lipinski definition) is 0. The van der Waals surface area contributed by atoms with Gasteiger partial charge >= 0.3 is 5.97 Å². The van der Waals surface area contributed by atoms with Crippen LogP contribution >= 0.6 is 11.8 Å². The van der Waals surface area contributed by atoms with Gasteiger partial charge in [-0.25, -0.2) is 0 Å². The second kappa shape index (κ2) is 8.41. The molecule has 7 unspecified atom stereocenters. The summed E-state index contributed by atoms with van der Waals surface area (Å²) >= 11 is 1.88. The first kappa shape index (κ1) is 21.1. The first-order valence-electron chi connectivity index (χ1n) is 13.6. The van der Waals surface area contributed by atoms with E-state index in [1.54, 1.807) is 0 Å². The molecule has 7 rings (SSSR count). The highest BCUT2D eigenvalue weighted by Crippen LogP contribution is 2.65. The molecule has 0 aromatic heterocycles. The van der Waals surface area contributed by atoms with Crippen LogP contribution in [0.25, 0.3) is 0 Å². The normalized spacial score (nSPS) is 49.6. The minimum absolute atomic E-state index is 0.0889. The van der Waals surface area contributed by atoms with E-state index in [0.29, 0.717) is 17.6 Å². The molecule has 6 saturated carbocycles. The zero-order chi connectivity index (χ0) is 21.0. The van der Waals surface area contributed by atoms with E-state index in [0.717, 1.165) is 47.8 Å². The van der Waals surface area contributed by atoms with Crippen LogP contribution in [0.5, 0.6) is 0 Å². The first-order valence-corrected chi connectivity index (χ1v) is 14.7. The molecule has 0 amide bonds. The Morgan fingerprint density at radius 2 is 1.71 bits per heavy atom. The summed E-state index contributed by atoms with van der Waals surface area (Å²) in [6.07, 6.45) is 21.2. The Bertz CT molecular complexity index is 714. The molecule has 7 aliphatic carbocycles. The highest BCUT2D eigenvalue weighted by molar-refractivity contribution is 7.99. The van der Waals surface area contributed by atoms with Crippen LogP contribution in [0.1, 0.15) is 84.0 Å². The fraction of sp³-hybridized carbons (Fsp3) is 0.893. The van der Waals surface area contributed by atoms with E-state index in [-0.39, 0.29) is 11.6 Å². The molecule has 0 heterocycles. The van der Waals surface area contributed by atoms with Crippen molar-refractivity contribution in [1.29, 1.82) is 0 Å². The topological polar surface area (TPSA) is 26.3 Å². The van der Waals surface area contributed by atoms with Crippen molar-refractivity contribution >= 4 is 17.7 Å². The van der Waals surface area contributed by atoms with Crippen molar-refractivity contribution < 1.29 is 9.53 Å². The molecule has 0 aliphatic heterocycles. The van der Waals surface area contributed by atoms with Crippen LogP contribution in [0, 0.1) is 53.3 Å². The molecule has 4 bridgehead atoms. The monoisotopic (exact) mass is 442 g/mol. The van der Waals surface area contributed by atoms with Gasteiger partial charge in [0.2, 0.25) is 0 Å². The van der Waals surface area contributed by atoms with E-state index < -0.39 is 0 Å². The Morgan fingerprint density at radius 3 is 2.48 bits per heavy atom. The van der Waals surface area contributed by atoms with E-state index in [4.69, 9.17) is 4.74 Å². The summed E-state index contributed by atoms with van der Waals surface area (Å²) in [5.41, 5.74) is -0.0968. The minimum atomic E-state index is -0.0968. The average molecular weight is 443 g/mol. The number of hydrogen-bond acceptors (Lipinski definition) is 3. The van der Waals surface area contributed by atoms with Crippen LogP contribution in [0.3, 0.4) is 0 Å². The van der Waals surface area contributed by atoms with Crippen molar-refractivity contribution in [2.24, 2.45) is 53.3 Å². The van der Waals surface area contributed by atoms with Crippen LogP contribution in [0.2, 0.25) is 0 Å². The Morgan fingerprint density at radius 1 is 0.903 bits per heavy atom. The molecule has 2 nitrogen and oxygen atoms in total. The maximum Gasteiger partial charge on any atom is 0.316 e. The highest BCUT2D eigenvalue weighted by atomic mass is 32.2. The maximum atomic E-state index is 12.9. The molecule has 10 atom stereocenters. The molecule has 0 spiro atoms. The predicted molar refractivity (Wildman–Crippen MR) is 128 cm³/mol. The van der Waals surface area contributed by atoms with Gasteiger partial charge in [0.25, 0.3) is 0 Å². The SMILES string of the molecule is CCC1(OC(=O)CSC[C@@H]2CCC3CC4CC=CC[C@@H]4C[C@@H]3C2)C2CC3CC(C2)C1C3. The average Bonchev–Trinajstić information content (AvgIpc) is 3.18. The third-order valence-corrected chi connectivity index (χ3v) is 12.1. The van der Waals surface area contributed by atoms with Gasteiger partial charge in [0.15, 0.2) is 0 Å². The maximum absolute atomic E-state index is 12.9. The molecule has 0 aromatic rings. The van der Waals surface area contributed by atoms with Gasteiger partial charge in [-0.3, -0.25) is 4.79 Å². The van der Waals surface area contributed by atoms with Gasteiger partial charge in [0.1, 0.15) is 5.60 Å². The zero-order valence-corrected chi connectivity index (χ0v) is 20.3. The van der Waals surface area contributed by atoms with Gasteiger partial charge in [-0.1, -0.05) is 19.1 Å². The van der Waals surface area contributed by atoms with Crippen LogP contribution in [-0.2, 0) is 9.53 Å². The van der Waals surface area contributed by atoms with Crippen LogP contribution in [0.15, 0.2) is 12.2 Å². The van der Waals surface area contributed by atoms with Gasteiger partial charge in [0.05, 0.1) is 5.75 Å². The Balaban J connectivity index is 0.979. The van der Waals surface area contributed by atoms with Gasteiger partial charge in [-0.05, 0) is 130 Å². The molecule has 0 aromatic carbocycles. The Kier molecular flexibility index (Phi) is 5.73. The van der Waals surface area contributed by atoms with Crippen molar-refractivity contribution in [3.8, 4) is 0 Å². The lowest BCUT2D eigenvalue weighted by atomic mass is 9.59. The summed E-state index contributed by atoms with van der Waals surface area (Å²) in [5, 5.41) is 0. The van der Waals surface area contributed by atoms with E-state index in [1.165, 1.54) is 76.4 Å². The van der Waals surface area contributed by atoms with Crippen molar-refractivity contribution in [3.63, 3.8) is 0 Å². The number of allylic oxidation sites excluding steroid dienone is 2. The van der Waals surface area contributed by atoms with Crippen molar-refractivity contribution in [3.05, 3.63) is 12.2 Å². The van der Waals surface area contributed by atoms with Crippen LogP contribution in [0.4, 0.5) is 0 Å². The summed E-state index contributed by atoms with van der Waals surface area (Å²) in [6, 6.07) is 0. The highest BCUT2D eigenvalue weighted by Gasteiger charge is 2.63. The van der Waals surface area contributed by atoms with Gasteiger partial charge in [-0.15, -0.1) is 11.8 Å². The third kappa shape index (κ3) is 3.73. The first-order chi connectivity index (χ1) is 15.1. The number of thioether (sulfide) groups is 1. The molecule has 0 N–H and O–H groups in total. The molecule has 0 saturated heterocycles. The standard InChI is InChI=1S/C28H42O2S/c1-2-28(25-11-19-10-24(15-25)26(28)12-19)30-27(29)17-31-16-18-7-8-22-13-20-5-3-4-6-21(20)14-23(22)9-18/h3-4,18-26H,2,5-17H2,1H3/t18-,19?,20?,21-,22?,23+,24?,25?,26?,28?/m1/s1. The molecule has 6 fully saturated rings. The lowest BCUT2D eigenvalue weighted by molar-refractivity contribution is -0.171. The minimum Gasteiger partial charge on any atom is -0.458 e. The number of ether oxygens (including phenoxy) is 1. The van der Waals surface area contributed by atoms with Crippen LogP contribution < -0.4 is 0 Å². The number of esters is 1. The number of carbonyl (C=O) groups excluding carboxylic acids is 1. The number of rotatable bonds is 6. The molecular formula is C28H42O2S. The molecular weight excluding hydrogens is 400 g/mol. The molecule has 7 aliphatic rings. The van der Waals surface area contributed by atoms with Gasteiger partial charge in [0, 0.05) is 5.92 Å². The van der Waals surface area contributed by atoms with Crippen molar-refractivity contribution in [2.45, 2.75) is 89.6 Å². The second-order valence-electron chi connectivity index (χ2n) is 12.3. The smallest absolute Gasteiger partial charge is 0.316 e. The lowest BCUT2D eigenvalue weighted by Gasteiger charge is -2.46. The fourth-order valence-corrected chi connectivity index (χ4v) is 10.6. The quantitative estimate of drug-likeness (QED) is 0.331. The fourth-order valence-electron chi connectivity index (χ4n) is 9.65. The van der Waals surface area contributed by atoms with E-state index in [2.05, 4.69) is 19.1 Å². The summed E-state index contributed by atoms with van der Waals surface area (Å²) < 4.78 is 6.38. The summed E-state index contributed by atoms with van der Waals surface area (Å²) in [6.45, 7) is 2.27. The largest absolute Gasteiger partial charge is 0.458 e. The van der Waals surface area contributed by atoms with Crippen molar-refractivity contribution in [1.82, 2.24) is 0 Å². The Hall–Kier alpha value is -0.440. The Labute approximate surface area is 193 Å².